The third-order valence-electron chi connectivity index (χ3n) is 4.59. The summed E-state index contributed by atoms with van der Waals surface area (Å²) < 4.78 is 27.6. The molecule has 1 aliphatic rings. The highest BCUT2D eigenvalue weighted by Crippen LogP contribution is 2.25. The van der Waals surface area contributed by atoms with Gasteiger partial charge in [0.25, 0.3) is 0 Å². The topological polar surface area (TPSA) is 104 Å². The van der Waals surface area contributed by atoms with Crippen LogP contribution in [0.4, 0.5) is 5.82 Å². The average Bonchev–Trinajstić information content (AvgIpc) is 2.85. The monoisotopic (exact) mass is 378 g/mol. The van der Waals surface area contributed by atoms with Crippen LogP contribution in [0.2, 0.25) is 0 Å². The van der Waals surface area contributed by atoms with Crippen LogP contribution in [0.1, 0.15) is 37.9 Å². The van der Waals surface area contributed by atoms with Gasteiger partial charge in [0.1, 0.15) is 4.90 Å². The minimum atomic E-state index is -3.54. The molecule has 3 rings (SSSR count). The fourth-order valence-corrected chi connectivity index (χ4v) is 4.50. The van der Waals surface area contributed by atoms with Crippen molar-refractivity contribution in [1.29, 1.82) is 0 Å². The SMILES string of the molecule is Cc1n[nH]c(C)c1S(=O)(=O)NCC1CN(c2ccc(C(C)(C)C)nn2)C1. The molecule has 8 nitrogen and oxygen atoms in total. The lowest BCUT2D eigenvalue weighted by Crippen LogP contribution is -2.52. The van der Waals surface area contributed by atoms with Gasteiger partial charge in [0.05, 0.1) is 17.1 Å². The molecule has 0 bridgehead atoms. The zero-order valence-corrected chi connectivity index (χ0v) is 16.7. The number of hydrogen-bond donors (Lipinski definition) is 2. The Morgan fingerprint density at radius 1 is 1.23 bits per heavy atom. The lowest BCUT2D eigenvalue weighted by atomic mass is 9.92. The molecule has 2 aromatic rings. The van der Waals surface area contributed by atoms with Crippen LogP contribution in [0, 0.1) is 19.8 Å². The molecule has 0 radical (unpaired) electrons. The zero-order chi connectivity index (χ0) is 19.1. The summed E-state index contributed by atoms with van der Waals surface area (Å²) >= 11 is 0. The first-order valence-corrected chi connectivity index (χ1v) is 10.2. The Bertz CT molecular complexity index is 857. The number of aromatic amines is 1. The number of nitrogens with zero attached hydrogens (tertiary/aromatic N) is 4. The second kappa shape index (κ2) is 6.62. The Hall–Kier alpha value is -2.00. The highest BCUT2D eigenvalue weighted by Gasteiger charge is 2.31. The summed E-state index contributed by atoms with van der Waals surface area (Å²) in [5.74, 6) is 1.08. The second-order valence-electron chi connectivity index (χ2n) is 7.91. The Balaban J connectivity index is 1.55. The van der Waals surface area contributed by atoms with Crippen molar-refractivity contribution in [2.75, 3.05) is 24.5 Å². The van der Waals surface area contributed by atoms with Crippen LogP contribution in [-0.2, 0) is 15.4 Å². The lowest BCUT2D eigenvalue weighted by Gasteiger charge is -2.40. The van der Waals surface area contributed by atoms with Crippen molar-refractivity contribution in [2.24, 2.45) is 5.92 Å². The van der Waals surface area contributed by atoms with E-state index >= 15 is 0 Å². The van der Waals surface area contributed by atoms with Gasteiger partial charge in [-0.25, -0.2) is 13.1 Å². The quantitative estimate of drug-likeness (QED) is 0.818. The summed E-state index contributed by atoms with van der Waals surface area (Å²) in [6, 6.07) is 3.98. The summed E-state index contributed by atoms with van der Waals surface area (Å²) in [7, 11) is -3.54. The first kappa shape index (κ1) is 18.8. The van der Waals surface area contributed by atoms with Gasteiger partial charge in [0.15, 0.2) is 5.82 Å². The predicted octanol–water partition coefficient (Wildman–Crippen LogP) is 1.53. The van der Waals surface area contributed by atoms with Gasteiger partial charge in [-0.05, 0) is 26.0 Å². The van der Waals surface area contributed by atoms with Crippen molar-refractivity contribution >= 4 is 15.8 Å². The maximum atomic E-state index is 12.5. The van der Waals surface area contributed by atoms with Crippen molar-refractivity contribution in [3.05, 3.63) is 29.2 Å². The highest BCUT2D eigenvalue weighted by molar-refractivity contribution is 7.89. The van der Waals surface area contributed by atoms with Crippen LogP contribution in [0.5, 0.6) is 0 Å². The van der Waals surface area contributed by atoms with Gasteiger partial charge in [-0.15, -0.1) is 5.10 Å². The Morgan fingerprint density at radius 2 is 1.92 bits per heavy atom. The molecular formula is C17H26N6O2S. The van der Waals surface area contributed by atoms with E-state index in [2.05, 4.69) is 50.8 Å². The Morgan fingerprint density at radius 3 is 2.42 bits per heavy atom. The van der Waals surface area contributed by atoms with Crippen molar-refractivity contribution in [3.63, 3.8) is 0 Å². The molecule has 0 atom stereocenters. The van der Waals surface area contributed by atoms with E-state index in [1.807, 2.05) is 12.1 Å². The average molecular weight is 379 g/mol. The number of H-pyrrole nitrogens is 1. The van der Waals surface area contributed by atoms with E-state index in [4.69, 9.17) is 0 Å². The van der Waals surface area contributed by atoms with E-state index in [1.54, 1.807) is 13.8 Å². The Kier molecular flexibility index (Phi) is 4.78. The van der Waals surface area contributed by atoms with Gasteiger partial charge < -0.3 is 4.90 Å². The van der Waals surface area contributed by atoms with E-state index < -0.39 is 10.0 Å². The molecule has 0 aromatic carbocycles. The lowest BCUT2D eigenvalue weighted by molar-refractivity contribution is 0.401. The fourth-order valence-electron chi connectivity index (χ4n) is 3.02. The number of anilines is 1. The zero-order valence-electron chi connectivity index (χ0n) is 15.9. The maximum absolute atomic E-state index is 12.5. The summed E-state index contributed by atoms with van der Waals surface area (Å²) in [4.78, 5) is 2.35. The molecule has 0 amide bonds. The summed E-state index contributed by atoms with van der Waals surface area (Å²) in [6.07, 6.45) is 0. The minimum Gasteiger partial charge on any atom is -0.354 e. The van der Waals surface area contributed by atoms with Gasteiger partial charge in [0, 0.05) is 31.0 Å². The van der Waals surface area contributed by atoms with E-state index in [0.717, 1.165) is 24.6 Å². The second-order valence-corrected chi connectivity index (χ2v) is 9.62. The van der Waals surface area contributed by atoms with Crippen LogP contribution >= 0.6 is 0 Å². The number of aryl methyl sites for hydroxylation is 2. The van der Waals surface area contributed by atoms with Crippen molar-refractivity contribution in [3.8, 4) is 0 Å². The van der Waals surface area contributed by atoms with Crippen LogP contribution in [0.25, 0.3) is 0 Å². The van der Waals surface area contributed by atoms with E-state index in [1.165, 1.54) is 0 Å². The number of aromatic nitrogens is 4. The summed E-state index contributed by atoms with van der Waals surface area (Å²) in [5.41, 5.74) is 1.97. The molecule has 0 aliphatic carbocycles. The van der Waals surface area contributed by atoms with Gasteiger partial charge >= 0.3 is 0 Å². The number of nitrogens with one attached hydrogen (secondary N) is 2. The fraction of sp³-hybridized carbons (Fsp3) is 0.588. The minimum absolute atomic E-state index is 0.0232. The molecular weight excluding hydrogens is 352 g/mol. The summed E-state index contributed by atoms with van der Waals surface area (Å²) in [6.45, 7) is 11.6. The normalized spacial score (nSPS) is 16.0. The molecule has 0 saturated carbocycles. The van der Waals surface area contributed by atoms with Gasteiger partial charge in [-0.3, -0.25) is 5.10 Å². The maximum Gasteiger partial charge on any atom is 0.244 e. The molecule has 1 aliphatic heterocycles. The first-order chi connectivity index (χ1) is 12.1. The molecule has 142 valence electrons. The highest BCUT2D eigenvalue weighted by atomic mass is 32.2. The largest absolute Gasteiger partial charge is 0.354 e. The standard InChI is InChI=1S/C17H26N6O2S/c1-11-16(12(2)20-19-11)26(24,25)18-8-13-9-23(10-13)15-7-6-14(21-22-15)17(3,4)5/h6-7,13,18H,8-10H2,1-5H3,(H,19,20). The van der Waals surface area contributed by atoms with Crippen LogP contribution in [0.15, 0.2) is 17.0 Å². The molecule has 1 fully saturated rings. The summed E-state index contributed by atoms with van der Waals surface area (Å²) in [5, 5.41) is 15.3. The third kappa shape index (κ3) is 3.73. The molecule has 0 unspecified atom stereocenters. The van der Waals surface area contributed by atoms with Gasteiger partial charge in [-0.1, -0.05) is 20.8 Å². The van der Waals surface area contributed by atoms with Crippen molar-refractivity contribution in [2.45, 2.75) is 44.9 Å². The number of rotatable bonds is 5. The van der Waals surface area contributed by atoms with E-state index in [0.29, 0.717) is 17.9 Å². The number of sulfonamides is 1. The van der Waals surface area contributed by atoms with E-state index in [9.17, 15) is 8.42 Å². The Labute approximate surface area is 154 Å². The first-order valence-electron chi connectivity index (χ1n) is 8.68. The van der Waals surface area contributed by atoms with Crippen LogP contribution in [-0.4, -0.2) is 48.4 Å². The van der Waals surface area contributed by atoms with Crippen molar-refractivity contribution in [1.82, 2.24) is 25.1 Å². The molecule has 2 N–H and O–H groups in total. The van der Waals surface area contributed by atoms with Crippen LogP contribution in [0.3, 0.4) is 0 Å². The third-order valence-corrected chi connectivity index (χ3v) is 6.28. The van der Waals surface area contributed by atoms with E-state index in [-0.39, 0.29) is 16.2 Å². The molecule has 0 spiro atoms. The molecule has 2 aromatic heterocycles. The molecule has 1 saturated heterocycles. The van der Waals surface area contributed by atoms with Gasteiger partial charge in [0.2, 0.25) is 10.0 Å². The van der Waals surface area contributed by atoms with Crippen LogP contribution < -0.4 is 9.62 Å². The predicted molar refractivity (Wildman–Crippen MR) is 99.7 cm³/mol. The van der Waals surface area contributed by atoms with Crippen molar-refractivity contribution < 1.29 is 8.42 Å². The molecule has 3 heterocycles. The number of hydrogen-bond acceptors (Lipinski definition) is 6. The molecule has 9 heteroatoms. The molecule has 26 heavy (non-hydrogen) atoms. The van der Waals surface area contributed by atoms with Gasteiger partial charge in [-0.2, -0.15) is 10.2 Å². The smallest absolute Gasteiger partial charge is 0.244 e.